The Morgan fingerprint density at radius 3 is 2.81 bits per heavy atom. The molecule has 5 rings (SSSR count). The van der Waals surface area contributed by atoms with Crippen LogP contribution in [-0.2, 0) is 16.0 Å². The Morgan fingerprint density at radius 1 is 1.10 bits per heavy atom. The van der Waals surface area contributed by atoms with Crippen molar-refractivity contribution in [3.63, 3.8) is 0 Å². The number of carbonyl (C=O) groups is 1. The van der Waals surface area contributed by atoms with Gasteiger partial charge in [0, 0.05) is 42.5 Å². The van der Waals surface area contributed by atoms with E-state index >= 15 is 0 Å². The number of ether oxygens (including phenoxy) is 2. The number of aromatic hydroxyl groups is 2. The number of hydrogen-bond donors (Lipinski definition) is 2. The summed E-state index contributed by atoms with van der Waals surface area (Å²) in [5, 5.41) is 21.9. The smallest absolute Gasteiger partial charge is 0.306 e. The van der Waals surface area contributed by atoms with Crippen LogP contribution in [-0.4, -0.2) is 46.9 Å². The third-order valence-corrected chi connectivity index (χ3v) is 7.09. The molecule has 0 spiro atoms. The highest BCUT2D eigenvalue weighted by Gasteiger charge is 2.40. The molecule has 3 aliphatic rings. The van der Waals surface area contributed by atoms with Crippen LogP contribution in [0.3, 0.4) is 0 Å². The number of aryl methyl sites for hydroxylation is 1. The first-order valence-electron chi connectivity index (χ1n) is 11.2. The van der Waals surface area contributed by atoms with Crippen molar-refractivity contribution in [3.8, 4) is 28.4 Å². The van der Waals surface area contributed by atoms with Crippen LogP contribution in [0.25, 0.3) is 11.1 Å². The molecule has 0 radical (unpaired) electrons. The lowest BCUT2D eigenvalue weighted by Gasteiger charge is -2.48. The summed E-state index contributed by atoms with van der Waals surface area (Å²) in [6.07, 6.45) is 5.63. The molecule has 2 N–H and O–H groups in total. The van der Waals surface area contributed by atoms with E-state index in [4.69, 9.17) is 9.47 Å². The number of esters is 1. The molecule has 0 saturated carbocycles. The number of hydrogen-bond acceptors (Lipinski definition) is 6. The van der Waals surface area contributed by atoms with E-state index in [9.17, 15) is 15.0 Å². The Kier molecular flexibility index (Phi) is 5.26. The van der Waals surface area contributed by atoms with Crippen molar-refractivity contribution in [3.05, 3.63) is 41.5 Å². The number of fused-ring (bicyclic) bond motifs is 9. The molecule has 0 unspecified atom stereocenters. The second-order valence-corrected chi connectivity index (χ2v) is 8.92. The first kappa shape index (κ1) is 20.2. The molecule has 3 aliphatic heterocycles. The van der Waals surface area contributed by atoms with E-state index in [1.54, 1.807) is 12.1 Å². The van der Waals surface area contributed by atoms with Crippen LogP contribution in [0.4, 0.5) is 0 Å². The van der Waals surface area contributed by atoms with Crippen LogP contribution >= 0.6 is 0 Å². The lowest BCUT2D eigenvalue weighted by atomic mass is 9.81. The number of benzene rings is 2. The van der Waals surface area contributed by atoms with Crippen LogP contribution < -0.4 is 4.74 Å². The van der Waals surface area contributed by atoms with E-state index < -0.39 is 0 Å². The van der Waals surface area contributed by atoms with Gasteiger partial charge < -0.3 is 19.7 Å². The van der Waals surface area contributed by atoms with Crippen LogP contribution in [0.5, 0.6) is 17.2 Å². The summed E-state index contributed by atoms with van der Waals surface area (Å²) < 4.78 is 11.3. The third kappa shape index (κ3) is 3.63. The maximum absolute atomic E-state index is 12.6. The van der Waals surface area contributed by atoms with Gasteiger partial charge in [-0.15, -0.1) is 0 Å². The standard InChI is InChI=1S/C25H29NO5/c1-30-22-9-7-18-20-14-17(13-16-4-2-3-11-26(16)20)31-23(28)10-6-15-5-8-21(27)19(12-15)24(18)25(22)29/h5,7-9,12,16-17,20,27,29H,2-4,6,10-11,13-14H2,1H3/t16-,17+,20+/m1/s1. The van der Waals surface area contributed by atoms with E-state index in [2.05, 4.69) is 4.90 Å². The van der Waals surface area contributed by atoms with Gasteiger partial charge in [0.05, 0.1) is 7.11 Å². The summed E-state index contributed by atoms with van der Waals surface area (Å²) in [5.41, 5.74) is 3.05. The molecule has 2 aromatic rings. The molecule has 164 valence electrons. The molecule has 2 saturated heterocycles. The Balaban J connectivity index is 1.73. The van der Waals surface area contributed by atoms with Gasteiger partial charge in [-0.25, -0.2) is 0 Å². The topological polar surface area (TPSA) is 79.2 Å². The SMILES string of the molecule is COc1ccc2c(c1O)-c1cc(ccc1O)CCC(=O)O[C@H]1C[C@H]3CCCCN3[C@H]2C1. The van der Waals surface area contributed by atoms with Crippen molar-refractivity contribution in [2.45, 2.75) is 63.1 Å². The Labute approximate surface area is 182 Å². The van der Waals surface area contributed by atoms with Gasteiger partial charge in [-0.05, 0) is 55.1 Å². The molecular formula is C25H29NO5. The maximum Gasteiger partial charge on any atom is 0.306 e. The maximum atomic E-state index is 12.6. The fourth-order valence-corrected chi connectivity index (χ4v) is 5.62. The summed E-state index contributed by atoms with van der Waals surface area (Å²) in [6.45, 7) is 0.980. The summed E-state index contributed by atoms with van der Waals surface area (Å²) in [4.78, 5) is 15.1. The van der Waals surface area contributed by atoms with Crippen molar-refractivity contribution in [1.82, 2.24) is 4.90 Å². The van der Waals surface area contributed by atoms with Crippen molar-refractivity contribution >= 4 is 5.97 Å². The Morgan fingerprint density at radius 2 is 1.97 bits per heavy atom. The lowest BCUT2D eigenvalue weighted by Crippen LogP contribution is -2.49. The minimum atomic E-state index is -0.166. The molecule has 2 fully saturated rings. The van der Waals surface area contributed by atoms with Gasteiger partial charge in [0.2, 0.25) is 0 Å². The highest BCUT2D eigenvalue weighted by molar-refractivity contribution is 5.82. The first-order valence-corrected chi connectivity index (χ1v) is 11.2. The predicted molar refractivity (Wildman–Crippen MR) is 116 cm³/mol. The number of phenolic OH excluding ortho intramolecular Hbond substituents is 2. The van der Waals surface area contributed by atoms with Crippen LogP contribution in [0.2, 0.25) is 0 Å². The second-order valence-electron chi connectivity index (χ2n) is 8.92. The van der Waals surface area contributed by atoms with Gasteiger partial charge in [-0.1, -0.05) is 18.6 Å². The molecule has 6 nitrogen and oxygen atoms in total. The van der Waals surface area contributed by atoms with Crippen molar-refractivity contribution in [2.24, 2.45) is 0 Å². The molecule has 6 heteroatoms. The molecule has 2 aromatic carbocycles. The second kappa shape index (κ2) is 8.08. The quantitative estimate of drug-likeness (QED) is 0.665. The Hall–Kier alpha value is -2.73. The average Bonchev–Trinajstić information content (AvgIpc) is 2.77. The van der Waals surface area contributed by atoms with Gasteiger partial charge in [0.25, 0.3) is 0 Å². The largest absolute Gasteiger partial charge is 0.507 e. The summed E-state index contributed by atoms with van der Waals surface area (Å²) in [6, 6.07) is 9.45. The predicted octanol–water partition coefficient (Wildman–Crippen LogP) is 4.32. The fraction of sp³-hybridized carbons (Fsp3) is 0.480. The molecule has 3 heterocycles. The van der Waals surface area contributed by atoms with E-state index in [1.807, 2.05) is 18.2 Å². The van der Waals surface area contributed by atoms with Crippen LogP contribution in [0.1, 0.15) is 55.7 Å². The summed E-state index contributed by atoms with van der Waals surface area (Å²) in [5.74, 6) is 0.360. The fourth-order valence-electron chi connectivity index (χ4n) is 5.62. The van der Waals surface area contributed by atoms with Gasteiger partial charge in [-0.2, -0.15) is 0 Å². The van der Waals surface area contributed by atoms with Gasteiger partial charge in [-0.3, -0.25) is 9.69 Å². The highest BCUT2D eigenvalue weighted by atomic mass is 16.5. The molecule has 3 atom stereocenters. The summed E-state index contributed by atoms with van der Waals surface area (Å²) >= 11 is 0. The number of piperidine rings is 2. The van der Waals surface area contributed by atoms with E-state index in [-0.39, 0.29) is 29.6 Å². The Bertz CT molecular complexity index is 1000. The first-order chi connectivity index (χ1) is 15.0. The zero-order valence-electron chi connectivity index (χ0n) is 17.8. The van der Waals surface area contributed by atoms with Crippen LogP contribution in [0.15, 0.2) is 30.3 Å². The van der Waals surface area contributed by atoms with E-state index in [1.165, 1.54) is 13.5 Å². The molecule has 0 aromatic heterocycles. The van der Waals surface area contributed by atoms with Gasteiger partial charge in [0.1, 0.15) is 11.9 Å². The molecule has 0 amide bonds. The lowest BCUT2D eigenvalue weighted by molar-refractivity contribution is -0.154. The van der Waals surface area contributed by atoms with Crippen molar-refractivity contribution in [2.75, 3.05) is 13.7 Å². The number of phenols is 2. The number of rotatable bonds is 1. The monoisotopic (exact) mass is 423 g/mol. The minimum absolute atomic E-state index is 0.00820. The normalized spacial score (nSPS) is 26.0. The molecule has 31 heavy (non-hydrogen) atoms. The average molecular weight is 424 g/mol. The van der Waals surface area contributed by atoms with Gasteiger partial charge in [0.15, 0.2) is 11.5 Å². The molecular weight excluding hydrogens is 394 g/mol. The van der Waals surface area contributed by atoms with Crippen molar-refractivity contribution < 1.29 is 24.5 Å². The zero-order valence-corrected chi connectivity index (χ0v) is 17.8. The minimum Gasteiger partial charge on any atom is -0.507 e. The third-order valence-electron chi connectivity index (χ3n) is 7.09. The van der Waals surface area contributed by atoms with E-state index in [0.717, 1.165) is 36.9 Å². The van der Waals surface area contributed by atoms with Crippen molar-refractivity contribution in [1.29, 1.82) is 0 Å². The number of methoxy groups -OCH3 is 1. The number of carbonyl (C=O) groups excluding carboxylic acids is 1. The summed E-state index contributed by atoms with van der Waals surface area (Å²) in [7, 11) is 1.53. The van der Waals surface area contributed by atoms with Gasteiger partial charge >= 0.3 is 5.97 Å². The molecule has 4 bridgehead atoms. The van der Waals surface area contributed by atoms with E-state index in [0.29, 0.717) is 42.2 Å². The van der Waals surface area contributed by atoms with Crippen LogP contribution in [0, 0.1) is 0 Å². The highest BCUT2D eigenvalue weighted by Crippen LogP contribution is 2.49. The zero-order chi connectivity index (χ0) is 21.5. The molecule has 0 aliphatic carbocycles. The number of nitrogens with zero attached hydrogens (tertiary/aromatic N) is 1.